The molecule has 1 rings (SSSR count). The SMILES string of the molecule is CC(=CC(=O)O)Cn1ncc(Cl)c1C. The molecule has 0 unspecified atom stereocenters. The zero-order chi connectivity index (χ0) is 10.7. The highest BCUT2D eigenvalue weighted by molar-refractivity contribution is 6.31. The molecule has 0 aromatic carbocycles. The Balaban J connectivity index is 2.79. The van der Waals surface area contributed by atoms with Gasteiger partial charge in [-0.3, -0.25) is 4.68 Å². The number of aromatic nitrogens is 2. The summed E-state index contributed by atoms with van der Waals surface area (Å²) in [4.78, 5) is 10.4. The van der Waals surface area contributed by atoms with Crippen LogP contribution in [-0.4, -0.2) is 20.9 Å². The number of aliphatic carboxylic acids is 1. The van der Waals surface area contributed by atoms with Gasteiger partial charge in [-0.15, -0.1) is 0 Å². The Morgan fingerprint density at radius 1 is 1.79 bits per heavy atom. The molecule has 76 valence electrons. The molecular formula is C9H11ClN2O2. The van der Waals surface area contributed by atoms with Crippen LogP contribution in [0.4, 0.5) is 0 Å². The summed E-state index contributed by atoms with van der Waals surface area (Å²) in [6, 6.07) is 0. The molecule has 0 fully saturated rings. The average molecular weight is 215 g/mol. The maximum absolute atomic E-state index is 10.4. The third-order valence-electron chi connectivity index (χ3n) is 1.81. The molecule has 0 atom stereocenters. The topological polar surface area (TPSA) is 55.1 Å². The van der Waals surface area contributed by atoms with Crippen LogP contribution in [0, 0.1) is 6.92 Å². The van der Waals surface area contributed by atoms with Gasteiger partial charge in [-0.2, -0.15) is 5.10 Å². The Kier molecular flexibility index (Phi) is 3.30. The van der Waals surface area contributed by atoms with Crippen molar-refractivity contribution in [1.29, 1.82) is 0 Å². The summed E-state index contributed by atoms with van der Waals surface area (Å²) < 4.78 is 1.66. The van der Waals surface area contributed by atoms with Crippen molar-refractivity contribution in [2.24, 2.45) is 0 Å². The van der Waals surface area contributed by atoms with Crippen molar-refractivity contribution in [3.8, 4) is 0 Å². The van der Waals surface area contributed by atoms with E-state index in [0.717, 1.165) is 17.3 Å². The summed E-state index contributed by atoms with van der Waals surface area (Å²) in [5, 5.41) is 13.1. The maximum atomic E-state index is 10.4. The summed E-state index contributed by atoms with van der Waals surface area (Å²) in [7, 11) is 0. The first kappa shape index (κ1) is 10.8. The number of hydrogen-bond acceptors (Lipinski definition) is 2. The molecule has 0 aliphatic rings. The number of hydrogen-bond donors (Lipinski definition) is 1. The first-order valence-corrected chi connectivity index (χ1v) is 4.46. The van der Waals surface area contributed by atoms with Gasteiger partial charge in [0.25, 0.3) is 0 Å². The highest BCUT2D eigenvalue weighted by atomic mass is 35.5. The summed E-state index contributed by atoms with van der Waals surface area (Å²) in [6.45, 7) is 4.03. The molecule has 0 aliphatic heterocycles. The molecule has 0 saturated carbocycles. The molecule has 0 bridgehead atoms. The lowest BCUT2D eigenvalue weighted by Crippen LogP contribution is -2.04. The second kappa shape index (κ2) is 4.28. The van der Waals surface area contributed by atoms with Gasteiger partial charge in [0.1, 0.15) is 0 Å². The standard InChI is InChI=1S/C9H11ClN2O2/c1-6(3-9(13)14)5-12-7(2)8(10)4-11-12/h3-4H,5H2,1-2H3,(H,13,14). The lowest BCUT2D eigenvalue weighted by Gasteiger charge is -2.03. The van der Waals surface area contributed by atoms with Gasteiger partial charge in [0, 0.05) is 6.08 Å². The largest absolute Gasteiger partial charge is 0.478 e. The quantitative estimate of drug-likeness (QED) is 0.782. The fourth-order valence-corrected chi connectivity index (χ4v) is 1.22. The highest BCUT2D eigenvalue weighted by Gasteiger charge is 2.04. The van der Waals surface area contributed by atoms with Gasteiger partial charge in [0.2, 0.25) is 0 Å². The second-order valence-corrected chi connectivity index (χ2v) is 3.47. The third-order valence-corrected chi connectivity index (χ3v) is 2.18. The molecule has 0 amide bonds. The molecule has 5 heteroatoms. The molecule has 0 aliphatic carbocycles. The average Bonchev–Trinajstić information content (AvgIpc) is 2.34. The number of carbonyl (C=O) groups is 1. The van der Waals surface area contributed by atoms with E-state index in [0.29, 0.717) is 11.6 Å². The zero-order valence-electron chi connectivity index (χ0n) is 7.99. The van der Waals surface area contributed by atoms with Gasteiger partial charge in [0.15, 0.2) is 0 Å². The molecule has 14 heavy (non-hydrogen) atoms. The Labute approximate surface area is 86.8 Å². The first-order chi connectivity index (χ1) is 6.50. The first-order valence-electron chi connectivity index (χ1n) is 4.08. The number of allylic oxidation sites excluding steroid dienone is 1. The second-order valence-electron chi connectivity index (χ2n) is 3.06. The van der Waals surface area contributed by atoms with Crippen LogP contribution in [0.3, 0.4) is 0 Å². The minimum atomic E-state index is -0.946. The Morgan fingerprint density at radius 3 is 2.86 bits per heavy atom. The number of rotatable bonds is 3. The summed E-state index contributed by atoms with van der Waals surface area (Å²) in [6.07, 6.45) is 2.71. The predicted molar refractivity (Wildman–Crippen MR) is 53.4 cm³/mol. The lowest BCUT2D eigenvalue weighted by molar-refractivity contribution is -0.131. The van der Waals surface area contributed by atoms with Gasteiger partial charge < -0.3 is 5.11 Å². The van der Waals surface area contributed by atoms with E-state index in [9.17, 15) is 4.79 Å². The van der Waals surface area contributed by atoms with Gasteiger partial charge in [-0.25, -0.2) is 4.79 Å². The Hall–Kier alpha value is -1.29. The van der Waals surface area contributed by atoms with Gasteiger partial charge in [0.05, 0.1) is 23.5 Å². The summed E-state index contributed by atoms with van der Waals surface area (Å²) in [5.41, 5.74) is 1.56. The summed E-state index contributed by atoms with van der Waals surface area (Å²) >= 11 is 5.80. The molecule has 1 aromatic rings. The molecular weight excluding hydrogens is 204 g/mol. The minimum Gasteiger partial charge on any atom is -0.478 e. The molecule has 0 radical (unpaired) electrons. The van der Waals surface area contributed by atoms with E-state index in [4.69, 9.17) is 16.7 Å². The number of carboxylic acid groups (broad SMARTS) is 1. The van der Waals surface area contributed by atoms with Crippen LogP contribution in [0.2, 0.25) is 5.02 Å². The van der Waals surface area contributed by atoms with Crippen molar-refractivity contribution in [3.63, 3.8) is 0 Å². The van der Waals surface area contributed by atoms with Crippen LogP contribution < -0.4 is 0 Å². The van der Waals surface area contributed by atoms with E-state index in [1.807, 2.05) is 6.92 Å². The Morgan fingerprint density at radius 2 is 2.43 bits per heavy atom. The van der Waals surface area contributed by atoms with Crippen LogP contribution in [0.5, 0.6) is 0 Å². The van der Waals surface area contributed by atoms with Crippen LogP contribution in [0.25, 0.3) is 0 Å². The minimum absolute atomic E-state index is 0.449. The molecule has 1 heterocycles. The molecule has 0 saturated heterocycles. The fourth-order valence-electron chi connectivity index (χ4n) is 1.08. The van der Waals surface area contributed by atoms with E-state index in [1.54, 1.807) is 17.8 Å². The maximum Gasteiger partial charge on any atom is 0.328 e. The van der Waals surface area contributed by atoms with Crippen LogP contribution >= 0.6 is 11.6 Å². The monoisotopic (exact) mass is 214 g/mol. The van der Waals surface area contributed by atoms with Crippen LogP contribution in [-0.2, 0) is 11.3 Å². The number of nitrogens with zero attached hydrogens (tertiary/aromatic N) is 2. The predicted octanol–water partition coefficient (Wildman–Crippen LogP) is 1.88. The number of halogens is 1. The van der Waals surface area contributed by atoms with Crippen molar-refractivity contribution >= 4 is 17.6 Å². The van der Waals surface area contributed by atoms with E-state index >= 15 is 0 Å². The highest BCUT2D eigenvalue weighted by Crippen LogP contribution is 2.14. The van der Waals surface area contributed by atoms with Crippen molar-refractivity contribution in [1.82, 2.24) is 9.78 Å². The van der Waals surface area contributed by atoms with Crippen molar-refractivity contribution in [3.05, 3.63) is 28.6 Å². The van der Waals surface area contributed by atoms with E-state index in [-0.39, 0.29) is 0 Å². The van der Waals surface area contributed by atoms with E-state index in [1.165, 1.54) is 0 Å². The van der Waals surface area contributed by atoms with Crippen molar-refractivity contribution in [2.75, 3.05) is 0 Å². The van der Waals surface area contributed by atoms with Gasteiger partial charge in [-0.05, 0) is 19.4 Å². The van der Waals surface area contributed by atoms with Crippen LogP contribution in [0.15, 0.2) is 17.8 Å². The summed E-state index contributed by atoms with van der Waals surface area (Å²) in [5.74, 6) is -0.946. The molecule has 1 aromatic heterocycles. The zero-order valence-corrected chi connectivity index (χ0v) is 8.75. The van der Waals surface area contributed by atoms with Crippen molar-refractivity contribution < 1.29 is 9.90 Å². The molecule has 1 N–H and O–H groups in total. The van der Waals surface area contributed by atoms with E-state index < -0.39 is 5.97 Å². The Bertz CT molecular complexity index is 382. The lowest BCUT2D eigenvalue weighted by atomic mass is 10.3. The van der Waals surface area contributed by atoms with Gasteiger partial charge >= 0.3 is 5.97 Å². The number of carboxylic acids is 1. The third kappa shape index (κ3) is 2.60. The van der Waals surface area contributed by atoms with E-state index in [2.05, 4.69) is 5.10 Å². The van der Waals surface area contributed by atoms with Crippen LogP contribution in [0.1, 0.15) is 12.6 Å². The normalized spacial score (nSPS) is 11.8. The molecule has 0 spiro atoms. The van der Waals surface area contributed by atoms with Crippen molar-refractivity contribution in [2.45, 2.75) is 20.4 Å². The smallest absolute Gasteiger partial charge is 0.328 e. The van der Waals surface area contributed by atoms with Gasteiger partial charge in [-0.1, -0.05) is 11.6 Å². The fraction of sp³-hybridized carbons (Fsp3) is 0.333. The molecule has 4 nitrogen and oxygen atoms in total.